The van der Waals surface area contributed by atoms with Crippen LogP contribution in [0.2, 0.25) is 0 Å². The van der Waals surface area contributed by atoms with Crippen LogP contribution in [0.4, 0.5) is 5.82 Å². The SMILES string of the molecule is Nc1[nH]c(=O)cc(O)c1O. The first-order valence-electron chi connectivity index (χ1n) is 2.52. The average molecular weight is 142 g/mol. The van der Waals surface area contributed by atoms with E-state index in [1.807, 2.05) is 0 Å². The van der Waals surface area contributed by atoms with Crippen LogP contribution in [0.25, 0.3) is 0 Å². The maximum absolute atomic E-state index is 10.5. The highest BCUT2D eigenvalue weighted by molar-refractivity contribution is 5.52. The largest absolute Gasteiger partial charge is 0.504 e. The maximum Gasteiger partial charge on any atom is 0.253 e. The van der Waals surface area contributed by atoms with Gasteiger partial charge in [-0.05, 0) is 0 Å². The lowest BCUT2D eigenvalue weighted by atomic mass is 10.4. The lowest BCUT2D eigenvalue weighted by Crippen LogP contribution is -2.06. The van der Waals surface area contributed by atoms with E-state index in [1.54, 1.807) is 0 Å². The zero-order valence-electron chi connectivity index (χ0n) is 4.96. The molecule has 0 fully saturated rings. The average Bonchev–Trinajstić information content (AvgIpc) is 1.82. The van der Waals surface area contributed by atoms with E-state index in [4.69, 9.17) is 15.9 Å². The molecule has 0 spiro atoms. The van der Waals surface area contributed by atoms with E-state index in [0.717, 1.165) is 6.07 Å². The van der Waals surface area contributed by atoms with Crippen molar-refractivity contribution in [2.24, 2.45) is 0 Å². The number of H-pyrrole nitrogens is 1. The zero-order valence-corrected chi connectivity index (χ0v) is 4.96. The lowest BCUT2D eigenvalue weighted by Gasteiger charge is -1.97. The van der Waals surface area contributed by atoms with Gasteiger partial charge in [0, 0.05) is 6.07 Å². The van der Waals surface area contributed by atoms with Crippen LogP contribution in [0, 0.1) is 0 Å². The number of nitrogens with one attached hydrogen (secondary N) is 1. The van der Waals surface area contributed by atoms with Crippen molar-refractivity contribution in [3.8, 4) is 11.5 Å². The normalized spacial score (nSPS) is 9.60. The van der Waals surface area contributed by atoms with Gasteiger partial charge in [-0.25, -0.2) is 0 Å². The highest BCUT2D eigenvalue weighted by Gasteiger charge is 2.03. The van der Waals surface area contributed by atoms with Gasteiger partial charge in [0.15, 0.2) is 17.3 Å². The second kappa shape index (κ2) is 1.94. The van der Waals surface area contributed by atoms with Crippen molar-refractivity contribution in [1.29, 1.82) is 0 Å². The number of anilines is 1. The van der Waals surface area contributed by atoms with Gasteiger partial charge in [0.1, 0.15) is 0 Å². The Morgan fingerprint density at radius 3 is 2.60 bits per heavy atom. The Morgan fingerprint density at radius 2 is 2.10 bits per heavy atom. The van der Waals surface area contributed by atoms with Crippen LogP contribution in [0.3, 0.4) is 0 Å². The standard InChI is InChI=1S/C5H6N2O3/c6-5-4(10)2(8)1-3(9)7-5/h1,10H,(H4,6,7,8,9). The van der Waals surface area contributed by atoms with Crippen molar-refractivity contribution < 1.29 is 10.2 Å². The highest BCUT2D eigenvalue weighted by Crippen LogP contribution is 2.25. The summed E-state index contributed by atoms with van der Waals surface area (Å²) in [4.78, 5) is 12.5. The smallest absolute Gasteiger partial charge is 0.253 e. The summed E-state index contributed by atoms with van der Waals surface area (Å²) in [6.45, 7) is 0. The molecule has 0 amide bonds. The molecule has 0 saturated heterocycles. The topological polar surface area (TPSA) is 99.3 Å². The van der Waals surface area contributed by atoms with Crippen LogP contribution < -0.4 is 11.3 Å². The van der Waals surface area contributed by atoms with E-state index in [1.165, 1.54) is 0 Å². The number of pyridine rings is 1. The van der Waals surface area contributed by atoms with Crippen LogP contribution in [-0.2, 0) is 0 Å². The van der Waals surface area contributed by atoms with Crippen LogP contribution >= 0.6 is 0 Å². The number of hydrogen-bond donors (Lipinski definition) is 4. The number of nitrogens with two attached hydrogens (primary N) is 1. The van der Waals surface area contributed by atoms with E-state index in [9.17, 15) is 4.79 Å². The molecule has 1 aromatic rings. The molecule has 1 rings (SSSR count). The molecular weight excluding hydrogens is 136 g/mol. The molecule has 54 valence electrons. The summed E-state index contributed by atoms with van der Waals surface area (Å²) in [7, 11) is 0. The molecule has 5 nitrogen and oxygen atoms in total. The Labute approximate surface area is 55.7 Å². The van der Waals surface area contributed by atoms with Crippen LogP contribution in [-0.4, -0.2) is 15.2 Å². The molecule has 1 heterocycles. The van der Waals surface area contributed by atoms with Gasteiger partial charge in [-0.1, -0.05) is 0 Å². The number of aromatic hydroxyl groups is 2. The van der Waals surface area contributed by atoms with E-state index in [-0.39, 0.29) is 5.82 Å². The molecule has 0 unspecified atom stereocenters. The van der Waals surface area contributed by atoms with Crippen molar-refractivity contribution in [2.75, 3.05) is 5.73 Å². The van der Waals surface area contributed by atoms with Crippen molar-refractivity contribution in [2.45, 2.75) is 0 Å². The summed E-state index contributed by atoms with van der Waals surface area (Å²) in [5.74, 6) is -1.24. The molecular formula is C5H6N2O3. The highest BCUT2D eigenvalue weighted by atomic mass is 16.3. The van der Waals surface area contributed by atoms with E-state index in [0.29, 0.717) is 0 Å². The molecule has 5 N–H and O–H groups in total. The molecule has 0 saturated carbocycles. The van der Waals surface area contributed by atoms with Gasteiger partial charge in [0.2, 0.25) is 0 Å². The molecule has 10 heavy (non-hydrogen) atoms. The third-order valence-electron chi connectivity index (χ3n) is 1.02. The summed E-state index contributed by atoms with van der Waals surface area (Å²) in [5, 5.41) is 17.5. The molecule has 5 heteroatoms. The Balaban J connectivity index is 3.46. The lowest BCUT2D eigenvalue weighted by molar-refractivity contribution is 0.403. The minimum Gasteiger partial charge on any atom is -0.504 e. The van der Waals surface area contributed by atoms with Gasteiger partial charge in [0.05, 0.1) is 0 Å². The fourth-order valence-electron chi connectivity index (χ4n) is 0.559. The minimum absolute atomic E-state index is 0.231. The molecule has 0 aliphatic carbocycles. The third kappa shape index (κ3) is 0.883. The van der Waals surface area contributed by atoms with Crippen molar-refractivity contribution in [3.05, 3.63) is 16.4 Å². The third-order valence-corrected chi connectivity index (χ3v) is 1.02. The molecule has 0 bridgehead atoms. The van der Waals surface area contributed by atoms with Gasteiger partial charge in [-0.3, -0.25) is 4.79 Å². The van der Waals surface area contributed by atoms with E-state index in [2.05, 4.69) is 4.98 Å². The molecule has 0 atom stereocenters. The molecule has 1 aromatic heterocycles. The Morgan fingerprint density at radius 1 is 1.50 bits per heavy atom. The second-order valence-corrected chi connectivity index (χ2v) is 1.78. The zero-order chi connectivity index (χ0) is 7.72. The van der Waals surface area contributed by atoms with Crippen LogP contribution in [0.15, 0.2) is 10.9 Å². The summed E-state index contributed by atoms with van der Waals surface area (Å²) in [6, 6.07) is 0.839. The van der Waals surface area contributed by atoms with Gasteiger partial charge >= 0.3 is 0 Å². The number of rotatable bonds is 0. The van der Waals surface area contributed by atoms with Gasteiger partial charge in [0.25, 0.3) is 5.56 Å². The first kappa shape index (κ1) is 6.47. The summed E-state index contributed by atoms with van der Waals surface area (Å²) in [6.07, 6.45) is 0. The van der Waals surface area contributed by atoms with Crippen molar-refractivity contribution in [1.82, 2.24) is 4.98 Å². The van der Waals surface area contributed by atoms with Crippen LogP contribution in [0.1, 0.15) is 0 Å². The molecule has 0 aliphatic heterocycles. The van der Waals surface area contributed by atoms with Gasteiger partial charge in [-0.2, -0.15) is 0 Å². The van der Waals surface area contributed by atoms with Gasteiger partial charge in [-0.15, -0.1) is 0 Å². The minimum atomic E-state index is -0.548. The molecule has 0 aromatic carbocycles. The summed E-state index contributed by atoms with van der Waals surface area (Å²) in [5.41, 5.74) is 4.51. The summed E-state index contributed by atoms with van der Waals surface area (Å²) < 4.78 is 0. The van der Waals surface area contributed by atoms with Gasteiger partial charge < -0.3 is 20.9 Å². The Bertz CT molecular complexity index is 278. The quantitative estimate of drug-likeness (QED) is 0.387. The predicted octanol–water partition coefficient (Wildman–Crippen LogP) is -0.632. The van der Waals surface area contributed by atoms with E-state index < -0.39 is 17.1 Å². The number of nitrogen functional groups attached to an aromatic ring is 1. The van der Waals surface area contributed by atoms with E-state index >= 15 is 0 Å². The monoisotopic (exact) mass is 142 g/mol. The first-order valence-corrected chi connectivity index (χ1v) is 2.52. The first-order chi connectivity index (χ1) is 4.61. The molecule has 0 radical (unpaired) electrons. The Kier molecular flexibility index (Phi) is 1.26. The number of aromatic nitrogens is 1. The van der Waals surface area contributed by atoms with Crippen molar-refractivity contribution in [3.63, 3.8) is 0 Å². The fourth-order valence-corrected chi connectivity index (χ4v) is 0.559. The Hall–Kier alpha value is -1.65. The second-order valence-electron chi connectivity index (χ2n) is 1.78. The number of aromatic amines is 1. The molecule has 0 aliphatic rings. The van der Waals surface area contributed by atoms with Crippen LogP contribution in [0.5, 0.6) is 11.5 Å². The maximum atomic E-state index is 10.5. The van der Waals surface area contributed by atoms with Crippen molar-refractivity contribution >= 4 is 5.82 Å². The number of hydrogen-bond acceptors (Lipinski definition) is 4. The summed E-state index contributed by atoms with van der Waals surface area (Å²) >= 11 is 0. The fraction of sp³-hybridized carbons (Fsp3) is 0. The predicted molar refractivity (Wildman–Crippen MR) is 34.8 cm³/mol.